The van der Waals surface area contributed by atoms with Crippen molar-refractivity contribution >= 4 is 11.3 Å². The molecule has 0 unspecified atom stereocenters. The van der Waals surface area contributed by atoms with E-state index < -0.39 is 0 Å². The molecule has 4 heteroatoms. The summed E-state index contributed by atoms with van der Waals surface area (Å²) in [6.45, 7) is 6.35. The number of thiazole rings is 1. The first-order valence-electron chi connectivity index (χ1n) is 5.82. The molecule has 1 aromatic heterocycles. The molecule has 0 saturated heterocycles. The SMILES string of the molecule is CCC(CC)(CO)CN(C)Cc1cscn1. The second-order valence-corrected chi connectivity index (χ2v) is 5.24. The van der Waals surface area contributed by atoms with Gasteiger partial charge in [-0.1, -0.05) is 13.8 Å². The molecular formula is C12H22N2OS. The average molecular weight is 242 g/mol. The molecular weight excluding hydrogens is 220 g/mol. The van der Waals surface area contributed by atoms with Crippen molar-refractivity contribution in [2.24, 2.45) is 5.41 Å². The average Bonchev–Trinajstić information content (AvgIpc) is 2.79. The summed E-state index contributed by atoms with van der Waals surface area (Å²) in [5.41, 5.74) is 3.03. The molecule has 0 saturated carbocycles. The predicted octanol–water partition coefficient (Wildman–Crippen LogP) is 2.37. The Balaban J connectivity index is 2.51. The number of aliphatic hydroxyl groups excluding tert-OH is 1. The summed E-state index contributed by atoms with van der Waals surface area (Å²) < 4.78 is 0. The standard InChI is InChI=1S/C12H22N2OS/c1-4-12(5-2,9-15)8-14(3)6-11-7-16-10-13-11/h7,10,15H,4-6,8-9H2,1-3H3. The van der Waals surface area contributed by atoms with Crippen LogP contribution in [0, 0.1) is 5.41 Å². The van der Waals surface area contributed by atoms with Crippen LogP contribution in [0.1, 0.15) is 32.4 Å². The fourth-order valence-corrected chi connectivity index (χ4v) is 2.52. The van der Waals surface area contributed by atoms with E-state index in [1.807, 2.05) is 5.51 Å². The topological polar surface area (TPSA) is 36.4 Å². The molecule has 0 aliphatic heterocycles. The molecule has 0 atom stereocenters. The molecule has 0 amide bonds. The van der Waals surface area contributed by atoms with Gasteiger partial charge in [0.25, 0.3) is 0 Å². The van der Waals surface area contributed by atoms with E-state index in [0.29, 0.717) is 0 Å². The van der Waals surface area contributed by atoms with E-state index >= 15 is 0 Å². The second kappa shape index (κ2) is 6.33. The third-order valence-corrected chi connectivity index (χ3v) is 3.99. The van der Waals surface area contributed by atoms with Gasteiger partial charge in [0.1, 0.15) is 0 Å². The van der Waals surface area contributed by atoms with Crippen LogP contribution in [0.2, 0.25) is 0 Å². The molecule has 0 bridgehead atoms. The number of hydrogen-bond acceptors (Lipinski definition) is 4. The summed E-state index contributed by atoms with van der Waals surface area (Å²) in [5, 5.41) is 11.6. The van der Waals surface area contributed by atoms with E-state index in [1.54, 1.807) is 11.3 Å². The van der Waals surface area contributed by atoms with Crippen molar-refractivity contribution in [1.29, 1.82) is 0 Å². The summed E-state index contributed by atoms with van der Waals surface area (Å²) in [6.07, 6.45) is 2.03. The first-order valence-corrected chi connectivity index (χ1v) is 6.76. The van der Waals surface area contributed by atoms with Crippen molar-refractivity contribution in [2.45, 2.75) is 33.2 Å². The summed E-state index contributed by atoms with van der Waals surface area (Å²) in [4.78, 5) is 6.53. The normalized spacial score (nSPS) is 12.3. The van der Waals surface area contributed by atoms with E-state index in [4.69, 9.17) is 0 Å². The van der Waals surface area contributed by atoms with Gasteiger partial charge in [-0.3, -0.25) is 4.90 Å². The summed E-state index contributed by atoms with van der Waals surface area (Å²) in [5.74, 6) is 0. The van der Waals surface area contributed by atoms with E-state index in [1.165, 1.54) is 0 Å². The fraction of sp³-hybridized carbons (Fsp3) is 0.750. The minimum absolute atomic E-state index is 0.0464. The lowest BCUT2D eigenvalue weighted by atomic mass is 9.83. The van der Waals surface area contributed by atoms with Crippen LogP contribution in [0.25, 0.3) is 0 Å². The molecule has 1 rings (SSSR count). The molecule has 92 valence electrons. The van der Waals surface area contributed by atoms with Crippen molar-refractivity contribution in [3.63, 3.8) is 0 Å². The Bertz CT molecular complexity index is 275. The Kier molecular flexibility index (Phi) is 5.38. The van der Waals surface area contributed by atoms with E-state index in [-0.39, 0.29) is 12.0 Å². The van der Waals surface area contributed by atoms with E-state index in [0.717, 1.165) is 31.6 Å². The Morgan fingerprint density at radius 3 is 2.56 bits per heavy atom. The number of aliphatic hydroxyl groups is 1. The molecule has 1 N–H and O–H groups in total. The lowest BCUT2D eigenvalue weighted by Crippen LogP contribution is -2.37. The van der Waals surface area contributed by atoms with E-state index in [9.17, 15) is 5.11 Å². The summed E-state index contributed by atoms with van der Waals surface area (Å²) in [6, 6.07) is 0. The smallest absolute Gasteiger partial charge is 0.0795 e. The van der Waals surface area contributed by atoms with Gasteiger partial charge in [0.15, 0.2) is 0 Å². The van der Waals surface area contributed by atoms with Gasteiger partial charge >= 0.3 is 0 Å². The van der Waals surface area contributed by atoms with E-state index in [2.05, 4.69) is 36.2 Å². The lowest BCUT2D eigenvalue weighted by molar-refractivity contribution is 0.0727. The van der Waals surface area contributed by atoms with Crippen molar-refractivity contribution < 1.29 is 5.11 Å². The third kappa shape index (κ3) is 3.54. The maximum absolute atomic E-state index is 9.51. The number of nitrogens with zero attached hydrogens (tertiary/aromatic N) is 2. The number of aromatic nitrogens is 1. The third-order valence-electron chi connectivity index (χ3n) is 3.36. The van der Waals surface area contributed by atoms with Crippen LogP contribution < -0.4 is 0 Å². The molecule has 1 heterocycles. The van der Waals surface area contributed by atoms with Gasteiger partial charge < -0.3 is 5.11 Å². The first kappa shape index (κ1) is 13.6. The van der Waals surface area contributed by atoms with Gasteiger partial charge in [-0.15, -0.1) is 11.3 Å². The Labute approximate surface area is 102 Å². The molecule has 3 nitrogen and oxygen atoms in total. The highest BCUT2D eigenvalue weighted by molar-refractivity contribution is 7.07. The maximum atomic E-state index is 9.51. The van der Waals surface area contributed by atoms with Crippen LogP contribution in [0.4, 0.5) is 0 Å². The van der Waals surface area contributed by atoms with Gasteiger partial charge in [0.2, 0.25) is 0 Å². The monoisotopic (exact) mass is 242 g/mol. The Hall–Kier alpha value is -0.450. The summed E-state index contributed by atoms with van der Waals surface area (Å²) >= 11 is 1.63. The molecule has 0 aromatic carbocycles. The van der Waals surface area contributed by atoms with Crippen LogP contribution in [0.5, 0.6) is 0 Å². The molecule has 0 fully saturated rings. The first-order chi connectivity index (χ1) is 7.65. The van der Waals surface area contributed by atoms with Gasteiger partial charge in [0.05, 0.1) is 11.2 Å². The minimum Gasteiger partial charge on any atom is -0.396 e. The van der Waals surface area contributed by atoms with Crippen LogP contribution in [0.15, 0.2) is 10.9 Å². The van der Waals surface area contributed by atoms with Crippen LogP contribution in [0.3, 0.4) is 0 Å². The fourth-order valence-electron chi connectivity index (χ4n) is 1.97. The van der Waals surface area contributed by atoms with Gasteiger partial charge in [-0.25, -0.2) is 4.98 Å². The number of hydrogen-bond donors (Lipinski definition) is 1. The van der Waals surface area contributed by atoms with Gasteiger partial charge in [-0.2, -0.15) is 0 Å². The molecule has 1 aromatic rings. The zero-order valence-corrected chi connectivity index (χ0v) is 11.3. The largest absolute Gasteiger partial charge is 0.396 e. The predicted molar refractivity (Wildman–Crippen MR) is 68.5 cm³/mol. The second-order valence-electron chi connectivity index (χ2n) is 4.52. The van der Waals surface area contributed by atoms with Crippen molar-refractivity contribution in [1.82, 2.24) is 9.88 Å². The van der Waals surface area contributed by atoms with Crippen LogP contribution in [-0.2, 0) is 6.54 Å². The quantitative estimate of drug-likeness (QED) is 0.797. The zero-order valence-electron chi connectivity index (χ0n) is 10.4. The molecule has 0 spiro atoms. The van der Waals surface area contributed by atoms with Crippen LogP contribution in [-0.4, -0.2) is 35.2 Å². The highest BCUT2D eigenvalue weighted by Gasteiger charge is 2.26. The highest BCUT2D eigenvalue weighted by atomic mass is 32.1. The molecule has 0 aliphatic carbocycles. The van der Waals surface area contributed by atoms with Crippen molar-refractivity contribution in [2.75, 3.05) is 20.2 Å². The summed E-state index contributed by atoms with van der Waals surface area (Å²) in [7, 11) is 2.09. The Morgan fingerprint density at radius 2 is 2.12 bits per heavy atom. The minimum atomic E-state index is 0.0464. The molecule has 0 aliphatic rings. The zero-order chi connectivity index (χ0) is 12.0. The van der Waals surface area contributed by atoms with Gasteiger partial charge in [0, 0.05) is 30.5 Å². The maximum Gasteiger partial charge on any atom is 0.0795 e. The van der Waals surface area contributed by atoms with Gasteiger partial charge in [-0.05, 0) is 19.9 Å². The molecule has 0 radical (unpaired) electrons. The molecule has 16 heavy (non-hydrogen) atoms. The number of rotatable bonds is 7. The lowest BCUT2D eigenvalue weighted by Gasteiger charge is -2.33. The van der Waals surface area contributed by atoms with Crippen LogP contribution >= 0.6 is 11.3 Å². The Morgan fingerprint density at radius 1 is 1.44 bits per heavy atom. The highest BCUT2D eigenvalue weighted by Crippen LogP contribution is 2.26. The van der Waals surface area contributed by atoms with Crippen molar-refractivity contribution in [3.05, 3.63) is 16.6 Å². The van der Waals surface area contributed by atoms with Crippen molar-refractivity contribution in [3.8, 4) is 0 Å².